The predicted molar refractivity (Wildman–Crippen MR) is 63.9 cm³/mol. The summed E-state index contributed by atoms with van der Waals surface area (Å²) in [5, 5.41) is 0. The van der Waals surface area contributed by atoms with Crippen LogP contribution in [0.25, 0.3) is 0 Å². The highest BCUT2D eigenvalue weighted by Gasteiger charge is 2.03. The van der Waals surface area contributed by atoms with Gasteiger partial charge in [0.05, 0.1) is 0 Å². The van der Waals surface area contributed by atoms with E-state index in [1.165, 1.54) is 24.1 Å². The molecule has 0 aliphatic carbocycles. The van der Waals surface area contributed by atoms with Crippen LogP contribution in [0.1, 0.15) is 25.8 Å². The van der Waals surface area contributed by atoms with Gasteiger partial charge in [0.2, 0.25) is 0 Å². The SMILES string of the molecule is CC(C)CCc1ccccc1N(C)C. The molecule has 0 spiro atoms. The summed E-state index contributed by atoms with van der Waals surface area (Å²) in [5.41, 5.74) is 2.82. The third kappa shape index (κ3) is 3.06. The fourth-order valence-corrected chi connectivity index (χ4v) is 1.60. The van der Waals surface area contributed by atoms with Crippen LogP contribution in [0.2, 0.25) is 0 Å². The number of benzene rings is 1. The summed E-state index contributed by atoms with van der Waals surface area (Å²) in [6.07, 6.45) is 2.46. The van der Waals surface area contributed by atoms with Crippen LogP contribution in [-0.2, 0) is 6.42 Å². The molecule has 0 bridgehead atoms. The largest absolute Gasteiger partial charge is 0.377 e. The van der Waals surface area contributed by atoms with Crippen LogP contribution in [0.4, 0.5) is 5.69 Å². The molecular weight excluding hydrogens is 170 g/mol. The van der Waals surface area contributed by atoms with Crippen LogP contribution < -0.4 is 4.90 Å². The van der Waals surface area contributed by atoms with E-state index in [9.17, 15) is 0 Å². The maximum atomic E-state index is 2.28. The Balaban J connectivity index is 2.74. The zero-order chi connectivity index (χ0) is 10.6. The Morgan fingerprint density at radius 2 is 1.79 bits per heavy atom. The van der Waals surface area contributed by atoms with E-state index < -0.39 is 0 Å². The first kappa shape index (κ1) is 11.1. The Hall–Kier alpha value is -0.980. The molecule has 0 heterocycles. The standard InChI is InChI=1S/C13H21N/c1-11(2)9-10-12-7-5-6-8-13(12)14(3)4/h5-8,11H,9-10H2,1-4H3. The average molecular weight is 191 g/mol. The minimum absolute atomic E-state index is 0.783. The van der Waals surface area contributed by atoms with Crippen molar-refractivity contribution in [3.63, 3.8) is 0 Å². The molecule has 0 radical (unpaired) electrons. The van der Waals surface area contributed by atoms with Crippen LogP contribution in [0, 0.1) is 5.92 Å². The van der Waals surface area contributed by atoms with Gasteiger partial charge in [-0.25, -0.2) is 0 Å². The van der Waals surface area contributed by atoms with Crippen LogP contribution >= 0.6 is 0 Å². The number of aryl methyl sites for hydroxylation is 1. The molecule has 0 fully saturated rings. The summed E-state index contributed by atoms with van der Waals surface area (Å²) < 4.78 is 0. The maximum absolute atomic E-state index is 2.28. The lowest BCUT2D eigenvalue weighted by Gasteiger charge is -2.17. The monoisotopic (exact) mass is 191 g/mol. The second-order valence-electron chi connectivity index (χ2n) is 4.46. The average Bonchev–Trinajstić information content (AvgIpc) is 2.15. The Morgan fingerprint density at radius 1 is 1.14 bits per heavy atom. The third-order valence-corrected chi connectivity index (χ3v) is 2.46. The molecule has 0 amide bonds. The van der Waals surface area contributed by atoms with E-state index in [0.29, 0.717) is 0 Å². The number of para-hydroxylation sites is 1. The molecule has 0 unspecified atom stereocenters. The number of nitrogens with zero attached hydrogens (tertiary/aromatic N) is 1. The molecule has 1 heteroatoms. The molecule has 1 rings (SSSR count). The summed E-state index contributed by atoms with van der Waals surface area (Å²) in [4.78, 5) is 2.19. The van der Waals surface area contributed by atoms with Crippen molar-refractivity contribution in [1.82, 2.24) is 0 Å². The van der Waals surface area contributed by atoms with Crippen LogP contribution in [0.15, 0.2) is 24.3 Å². The van der Waals surface area contributed by atoms with Crippen molar-refractivity contribution < 1.29 is 0 Å². The maximum Gasteiger partial charge on any atom is 0.0393 e. The summed E-state index contributed by atoms with van der Waals surface area (Å²) in [6.45, 7) is 4.55. The van der Waals surface area contributed by atoms with Gasteiger partial charge in [-0.2, -0.15) is 0 Å². The topological polar surface area (TPSA) is 3.24 Å². The van der Waals surface area contributed by atoms with Gasteiger partial charge in [-0.15, -0.1) is 0 Å². The van der Waals surface area contributed by atoms with Crippen molar-refractivity contribution in [2.75, 3.05) is 19.0 Å². The van der Waals surface area contributed by atoms with Gasteiger partial charge in [-0.3, -0.25) is 0 Å². The van der Waals surface area contributed by atoms with Crippen molar-refractivity contribution in [1.29, 1.82) is 0 Å². The van der Waals surface area contributed by atoms with Gasteiger partial charge in [0.1, 0.15) is 0 Å². The van der Waals surface area contributed by atoms with E-state index >= 15 is 0 Å². The van der Waals surface area contributed by atoms with E-state index in [-0.39, 0.29) is 0 Å². The second-order valence-corrected chi connectivity index (χ2v) is 4.46. The molecule has 14 heavy (non-hydrogen) atoms. The zero-order valence-corrected chi connectivity index (χ0v) is 9.75. The van der Waals surface area contributed by atoms with Gasteiger partial charge in [0.25, 0.3) is 0 Å². The molecule has 0 saturated carbocycles. The van der Waals surface area contributed by atoms with Crippen LogP contribution in [-0.4, -0.2) is 14.1 Å². The molecule has 78 valence electrons. The van der Waals surface area contributed by atoms with E-state index in [4.69, 9.17) is 0 Å². The highest BCUT2D eigenvalue weighted by atomic mass is 15.1. The minimum atomic E-state index is 0.783. The van der Waals surface area contributed by atoms with Crippen molar-refractivity contribution in [3.8, 4) is 0 Å². The van der Waals surface area contributed by atoms with Gasteiger partial charge in [-0.05, 0) is 30.4 Å². The van der Waals surface area contributed by atoms with E-state index in [2.05, 4.69) is 57.1 Å². The van der Waals surface area contributed by atoms with Crippen molar-refractivity contribution in [3.05, 3.63) is 29.8 Å². The van der Waals surface area contributed by atoms with Gasteiger partial charge in [0.15, 0.2) is 0 Å². The third-order valence-electron chi connectivity index (χ3n) is 2.46. The van der Waals surface area contributed by atoms with Gasteiger partial charge >= 0.3 is 0 Å². The van der Waals surface area contributed by atoms with Crippen LogP contribution in [0.5, 0.6) is 0 Å². The predicted octanol–water partition coefficient (Wildman–Crippen LogP) is 3.34. The highest BCUT2D eigenvalue weighted by Crippen LogP contribution is 2.20. The summed E-state index contributed by atoms with van der Waals surface area (Å²) in [5.74, 6) is 0.783. The zero-order valence-electron chi connectivity index (χ0n) is 9.75. The van der Waals surface area contributed by atoms with Gasteiger partial charge in [-0.1, -0.05) is 32.0 Å². The minimum Gasteiger partial charge on any atom is -0.377 e. The van der Waals surface area contributed by atoms with Crippen molar-refractivity contribution >= 4 is 5.69 Å². The number of rotatable bonds is 4. The van der Waals surface area contributed by atoms with E-state index in [1.807, 2.05) is 0 Å². The lowest BCUT2D eigenvalue weighted by molar-refractivity contribution is 0.586. The Bertz CT molecular complexity index is 276. The first-order valence-electron chi connectivity index (χ1n) is 5.36. The van der Waals surface area contributed by atoms with E-state index in [0.717, 1.165) is 5.92 Å². The molecule has 0 aliphatic rings. The lowest BCUT2D eigenvalue weighted by atomic mass is 10.0. The fourth-order valence-electron chi connectivity index (χ4n) is 1.60. The smallest absolute Gasteiger partial charge is 0.0393 e. The first-order chi connectivity index (χ1) is 6.61. The molecule has 0 N–H and O–H groups in total. The molecule has 0 aromatic heterocycles. The molecule has 1 nitrogen and oxygen atoms in total. The Kier molecular flexibility index (Phi) is 3.99. The summed E-state index contributed by atoms with van der Waals surface area (Å²) in [7, 11) is 4.21. The van der Waals surface area contributed by atoms with Crippen molar-refractivity contribution in [2.45, 2.75) is 26.7 Å². The molecule has 0 atom stereocenters. The van der Waals surface area contributed by atoms with Crippen LogP contribution in [0.3, 0.4) is 0 Å². The first-order valence-corrected chi connectivity index (χ1v) is 5.36. The molecule has 0 aliphatic heterocycles. The Morgan fingerprint density at radius 3 is 2.36 bits per heavy atom. The fraction of sp³-hybridized carbons (Fsp3) is 0.538. The van der Waals surface area contributed by atoms with Gasteiger partial charge in [0, 0.05) is 19.8 Å². The van der Waals surface area contributed by atoms with E-state index in [1.54, 1.807) is 0 Å². The molecule has 0 saturated heterocycles. The second kappa shape index (κ2) is 5.04. The van der Waals surface area contributed by atoms with Crippen molar-refractivity contribution in [2.24, 2.45) is 5.92 Å². The summed E-state index contributed by atoms with van der Waals surface area (Å²) in [6, 6.07) is 8.66. The Labute approximate surface area is 87.7 Å². The number of hydrogen-bond acceptors (Lipinski definition) is 1. The molecule has 1 aromatic rings. The summed E-state index contributed by atoms with van der Waals surface area (Å²) >= 11 is 0. The molecule has 1 aromatic carbocycles. The van der Waals surface area contributed by atoms with Gasteiger partial charge < -0.3 is 4.90 Å². The normalized spacial score (nSPS) is 10.6. The number of hydrogen-bond donors (Lipinski definition) is 0. The lowest BCUT2D eigenvalue weighted by Crippen LogP contribution is -2.11. The highest BCUT2D eigenvalue weighted by molar-refractivity contribution is 5.52. The number of anilines is 1. The quantitative estimate of drug-likeness (QED) is 0.705. The molecular formula is C13H21N.